The molecule has 0 spiro atoms. The number of rotatable bonds is 6. The fourth-order valence-corrected chi connectivity index (χ4v) is 3.50. The average Bonchev–Trinajstić information content (AvgIpc) is 3.10. The van der Waals surface area contributed by atoms with Gasteiger partial charge >= 0.3 is 0 Å². The molecule has 0 saturated carbocycles. The molecule has 0 saturated heterocycles. The Labute approximate surface area is 162 Å². The van der Waals surface area contributed by atoms with E-state index in [0.29, 0.717) is 22.5 Å². The Morgan fingerprint density at radius 2 is 1.86 bits per heavy atom. The van der Waals surface area contributed by atoms with Crippen LogP contribution in [0.25, 0.3) is 0 Å². The summed E-state index contributed by atoms with van der Waals surface area (Å²) in [5, 5.41) is 4.90. The lowest BCUT2D eigenvalue weighted by molar-refractivity contribution is 0.103. The van der Waals surface area contributed by atoms with Gasteiger partial charge in [0.1, 0.15) is 5.82 Å². The quantitative estimate of drug-likeness (QED) is 0.551. The predicted molar refractivity (Wildman–Crippen MR) is 106 cm³/mol. The summed E-state index contributed by atoms with van der Waals surface area (Å²) in [7, 11) is -3.98. The summed E-state index contributed by atoms with van der Waals surface area (Å²) >= 11 is 0. The molecule has 0 aliphatic carbocycles. The molecule has 28 heavy (non-hydrogen) atoms. The van der Waals surface area contributed by atoms with Crippen LogP contribution in [0, 0.1) is 12.7 Å². The molecule has 0 radical (unpaired) electrons. The number of nitrogens with one attached hydrogen (secondary N) is 2. The normalized spacial score (nSPS) is 12.6. The minimum absolute atomic E-state index is 0.0397. The summed E-state index contributed by atoms with van der Waals surface area (Å²) in [6.45, 7) is 3.66. The Balaban J connectivity index is 1.85. The Kier molecular flexibility index (Phi) is 5.35. The van der Waals surface area contributed by atoms with E-state index in [1.807, 2.05) is 23.8 Å². The van der Waals surface area contributed by atoms with Crippen LogP contribution in [-0.2, 0) is 10.2 Å². The molecule has 2 aromatic carbocycles. The number of aromatic nitrogens is 1. The third-order valence-electron chi connectivity index (χ3n) is 4.54. The fraction of sp³-hybridized carbons (Fsp3) is 0.150. The summed E-state index contributed by atoms with van der Waals surface area (Å²) < 4.78 is 38.7. The van der Waals surface area contributed by atoms with Crippen molar-refractivity contribution in [3.8, 4) is 0 Å². The third-order valence-corrected chi connectivity index (χ3v) is 5.06. The number of carbonyl (C=O) groups excluding carboxylic acids is 1. The summed E-state index contributed by atoms with van der Waals surface area (Å²) in [5.41, 5.74) is 2.97. The SMILES string of the molecule is Cc1ccccc1C(=O)c1ccc(C(C)c2ccc(NS(N)(=O)=O)cc2F)[nH]1. The monoisotopic (exact) mass is 401 g/mol. The largest absolute Gasteiger partial charge is 0.355 e. The Morgan fingerprint density at radius 1 is 1.14 bits per heavy atom. The number of aryl methyl sites for hydroxylation is 1. The van der Waals surface area contributed by atoms with Gasteiger partial charge in [-0.1, -0.05) is 37.3 Å². The van der Waals surface area contributed by atoms with Crippen LogP contribution in [0.5, 0.6) is 0 Å². The second-order valence-electron chi connectivity index (χ2n) is 6.58. The van der Waals surface area contributed by atoms with Crippen molar-refractivity contribution in [2.24, 2.45) is 5.14 Å². The molecule has 0 amide bonds. The van der Waals surface area contributed by atoms with E-state index in [2.05, 4.69) is 4.98 Å². The number of hydrogen-bond acceptors (Lipinski definition) is 3. The van der Waals surface area contributed by atoms with Gasteiger partial charge in [0.15, 0.2) is 0 Å². The molecule has 0 bridgehead atoms. The molecular weight excluding hydrogens is 381 g/mol. The van der Waals surface area contributed by atoms with Gasteiger partial charge in [-0.25, -0.2) is 9.53 Å². The molecule has 1 atom stereocenters. The molecule has 4 N–H and O–H groups in total. The van der Waals surface area contributed by atoms with E-state index in [9.17, 15) is 17.6 Å². The van der Waals surface area contributed by atoms with Gasteiger partial charge in [0.2, 0.25) is 5.78 Å². The van der Waals surface area contributed by atoms with Crippen LogP contribution in [0.1, 0.15) is 45.7 Å². The summed E-state index contributed by atoms with van der Waals surface area (Å²) in [4.78, 5) is 15.8. The first-order valence-electron chi connectivity index (χ1n) is 8.55. The molecule has 1 heterocycles. The lowest BCUT2D eigenvalue weighted by Crippen LogP contribution is -2.21. The number of benzene rings is 2. The molecule has 8 heteroatoms. The molecule has 6 nitrogen and oxygen atoms in total. The maximum atomic E-state index is 14.5. The topological polar surface area (TPSA) is 105 Å². The number of H-pyrrole nitrogens is 1. The van der Waals surface area contributed by atoms with Gasteiger partial charge in [-0.15, -0.1) is 0 Å². The molecule has 0 aliphatic rings. The van der Waals surface area contributed by atoms with Crippen LogP contribution in [0.3, 0.4) is 0 Å². The van der Waals surface area contributed by atoms with Gasteiger partial charge in [-0.2, -0.15) is 8.42 Å². The second-order valence-corrected chi connectivity index (χ2v) is 7.87. The highest BCUT2D eigenvalue weighted by molar-refractivity contribution is 7.90. The minimum Gasteiger partial charge on any atom is -0.355 e. The molecular formula is C20H20FN3O3S. The number of halogens is 1. The highest BCUT2D eigenvalue weighted by atomic mass is 32.2. The first-order valence-corrected chi connectivity index (χ1v) is 10.1. The number of aromatic amines is 1. The van der Waals surface area contributed by atoms with Gasteiger partial charge in [0.25, 0.3) is 10.2 Å². The van der Waals surface area contributed by atoms with Crippen LogP contribution in [0.4, 0.5) is 10.1 Å². The zero-order valence-electron chi connectivity index (χ0n) is 15.4. The van der Waals surface area contributed by atoms with Gasteiger partial charge in [-0.3, -0.25) is 9.52 Å². The summed E-state index contributed by atoms with van der Waals surface area (Å²) in [6, 6.07) is 14.7. The lowest BCUT2D eigenvalue weighted by Gasteiger charge is -2.13. The molecule has 146 valence electrons. The highest BCUT2D eigenvalue weighted by Crippen LogP contribution is 2.28. The molecule has 0 aliphatic heterocycles. The van der Waals surface area contributed by atoms with E-state index >= 15 is 0 Å². The Morgan fingerprint density at radius 3 is 2.50 bits per heavy atom. The van der Waals surface area contributed by atoms with Crippen LogP contribution >= 0.6 is 0 Å². The maximum absolute atomic E-state index is 14.5. The van der Waals surface area contributed by atoms with Crippen molar-refractivity contribution in [2.45, 2.75) is 19.8 Å². The maximum Gasteiger partial charge on any atom is 0.296 e. The van der Waals surface area contributed by atoms with Gasteiger partial charge in [0, 0.05) is 17.2 Å². The predicted octanol–water partition coefficient (Wildman–Crippen LogP) is 3.46. The van der Waals surface area contributed by atoms with Gasteiger partial charge in [0.05, 0.1) is 11.4 Å². The number of hydrogen-bond donors (Lipinski definition) is 3. The molecule has 1 aromatic heterocycles. The highest BCUT2D eigenvalue weighted by Gasteiger charge is 2.19. The van der Waals surface area contributed by atoms with Crippen molar-refractivity contribution in [1.82, 2.24) is 4.98 Å². The number of anilines is 1. The van der Waals surface area contributed by atoms with E-state index in [1.54, 1.807) is 31.2 Å². The molecule has 3 aromatic rings. The van der Waals surface area contributed by atoms with E-state index in [4.69, 9.17) is 5.14 Å². The van der Waals surface area contributed by atoms with E-state index < -0.39 is 16.0 Å². The number of ketones is 1. The smallest absolute Gasteiger partial charge is 0.296 e. The van der Waals surface area contributed by atoms with Gasteiger partial charge in [-0.05, 0) is 42.3 Å². The second kappa shape index (κ2) is 7.57. The first-order chi connectivity index (χ1) is 13.2. The summed E-state index contributed by atoms with van der Waals surface area (Å²) in [6.07, 6.45) is 0. The summed E-state index contributed by atoms with van der Waals surface area (Å²) in [5.74, 6) is -1.09. The van der Waals surface area contributed by atoms with Crippen LogP contribution in [0.2, 0.25) is 0 Å². The zero-order valence-corrected chi connectivity index (χ0v) is 16.2. The van der Waals surface area contributed by atoms with Crippen molar-refractivity contribution in [2.75, 3.05) is 4.72 Å². The molecule has 0 fully saturated rings. The Bertz CT molecular complexity index is 1140. The zero-order chi connectivity index (χ0) is 20.5. The van der Waals surface area contributed by atoms with Crippen molar-refractivity contribution in [1.29, 1.82) is 0 Å². The first kappa shape index (κ1) is 19.8. The van der Waals surface area contributed by atoms with E-state index in [0.717, 1.165) is 11.6 Å². The van der Waals surface area contributed by atoms with Gasteiger partial charge < -0.3 is 4.98 Å². The molecule has 1 unspecified atom stereocenters. The van der Waals surface area contributed by atoms with Crippen LogP contribution in [-0.4, -0.2) is 19.2 Å². The van der Waals surface area contributed by atoms with Crippen LogP contribution < -0.4 is 9.86 Å². The van der Waals surface area contributed by atoms with E-state index in [1.165, 1.54) is 12.1 Å². The fourth-order valence-electron chi connectivity index (χ4n) is 3.04. The van der Waals surface area contributed by atoms with Crippen molar-refractivity contribution >= 4 is 21.7 Å². The molecule has 3 rings (SSSR count). The Hall–Kier alpha value is -2.97. The average molecular weight is 401 g/mol. The number of carbonyl (C=O) groups is 1. The number of nitrogens with two attached hydrogens (primary N) is 1. The van der Waals surface area contributed by atoms with Crippen molar-refractivity contribution < 1.29 is 17.6 Å². The minimum atomic E-state index is -3.98. The third kappa shape index (κ3) is 4.29. The van der Waals surface area contributed by atoms with Crippen molar-refractivity contribution in [3.63, 3.8) is 0 Å². The van der Waals surface area contributed by atoms with E-state index in [-0.39, 0.29) is 17.4 Å². The lowest BCUT2D eigenvalue weighted by atomic mass is 9.97. The van der Waals surface area contributed by atoms with Crippen LogP contribution in [0.15, 0.2) is 54.6 Å². The van der Waals surface area contributed by atoms with Crippen molar-refractivity contribution in [3.05, 3.63) is 88.5 Å². The standard InChI is InChI=1S/C20H20FN3O3S/c1-12-5-3-4-6-15(12)20(25)19-10-9-18(23-19)13(2)16-8-7-14(11-17(16)21)24-28(22,26)27/h3-11,13,23-24H,1-2H3,(H2,22,26,27).